The Morgan fingerprint density at radius 1 is 1.21 bits per heavy atom. The van der Waals surface area contributed by atoms with Crippen LogP contribution in [0.3, 0.4) is 0 Å². The fourth-order valence-electron chi connectivity index (χ4n) is 1.60. The lowest BCUT2D eigenvalue weighted by atomic mass is 10.1. The van der Waals surface area contributed by atoms with Crippen LogP contribution in [-0.4, -0.2) is 30.8 Å². The van der Waals surface area contributed by atoms with E-state index in [1.54, 1.807) is 19.1 Å². The van der Waals surface area contributed by atoms with Crippen molar-refractivity contribution in [3.05, 3.63) is 29.8 Å². The summed E-state index contributed by atoms with van der Waals surface area (Å²) >= 11 is 0. The number of hydrogen-bond donors (Lipinski definition) is 0. The van der Waals surface area contributed by atoms with Crippen molar-refractivity contribution in [1.29, 1.82) is 0 Å². The van der Waals surface area contributed by atoms with Gasteiger partial charge < -0.3 is 14.4 Å². The van der Waals surface area contributed by atoms with Crippen LogP contribution < -0.4 is 4.74 Å². The number of carbonyl (C=O) groups is 1. The number of hydrogen-bond acceptors (Lipinski definition) is 3. The summed E-state index contributed by atoms with van der Waals surface area (Å²) < 4.78 is 10.5. The van der Waals surface area contributed by atoms with Gasteiger partial charge in [0.25, 0.3) is 0 Å². The number of nitrogens with zero attached hydrogens (tertiary/aromatic N) is 1. The largest absolute Gasteiger partial charge is 0.497 e. The predicted octanol–water partition coefficient (Wildman–Crippen LogP) is 3.62. The maximum Gasteiger partial charge on any atom is 0.410 e. The molecular formula is C15H23NO3. The van der Waals surface area contributed by atoms with Gasteiger partial charge >= 0.3 is 6.09 Å². The minimum atomic E-state index is -0.481. The van der Waals surface area contributed by atoms with Crippen LogP contribution in [0.5, 0.6) is 5.75 Å². The zero-order valence-electron chi connectivity index (χ0n) is 12.6. The Morgan fingerprint density at radius 3 is 2.16 bits per heavy atom. The Hall–Kier alpha value is -1.71. The molecular weight excluding hydrogens is 242 g/mol. The van der Waals surface area contributed by atoms with E-state index < -0.39 is 5.60 Å². The van der Waals surface area contributed by atoms with Crippen molar-refractivity contribution in [3.63, 3.8) is 0 Å². The van der Waals surface area contributed by atoms with E-state index in [1.165, 1.54) is 0 Å². The Balaban J connectivity index is 2.75. The lowest BCUT2D eigenvalue weighted by molar-refractivity contribution is 0.0234. The summed E-state index contributed by atoms with van der Waals surface area (Å²) in [6.45, 7) is 7.54. The normalized spacial score (nSPS) is 12.7. The predicted molar refractivity (Wildman–Crippen MR) is 75.4 cm³/mol. The van der Waals surface area contributed by atoms with Crippen molar-refractivity contribution in [2.75, 3.05) is 14.2 Å². The zero-order valence-corrected chi connectivity index (χ0v) is 12.6. The Labute approximate surface area is 115 Å². The van der Waals surface area contributed by atoms with Crippen LogP contribution in [0.1, 0.15) is 39.3 Å². The quantitative estimate of drug-likeness (QED) is 0.837. The van der Waals surface area contributed by atoms with Crippen LogP contribution in [0.2, 0.25) is 0 Å². The van der Waals surface area contributed by atoms with Gasteiger partial charge in [-0.2, -0.15) is 0 Å². The molecule has 0 radical (unpaired) electrons. The van der Waals surface area contributed by atoms with Crippen LogP contribution >= 0.6 is 0 Å². The van der Waals surface area contributed by atoms with Crippen molar-refractivity contribution in [2.45, 2.75) is 39.3 Å². The van der Waals surface area contributed by atoms with Gasteiger partial charge in [-0.15, -0.1) is 0 Å². The molecule has 4 nitrogen and oxygen atoms in total. The van der Waals surface area contributed by atoms with Crippen LogP contribution in [0.4, 0.5) is 4.79 Å². The molecule has 0 aromatic heterocycles. The molecule has 0 saturated heterocycles. The van der Waals surface area contributed by atoms with Crippen molar-refractivity contribution in [2.24, 2.45) is 0 Å². The Bertz CT molecular complexity index is 420. The first-order valence-electron chi connectivity index (χ1n) is 6.34. The molecule has 0 unspecified atom stereocenters. The highest BCUT2D eigenvalue weighted by atomic mass is 16.6. The summed E-state index contributed by atoms with van der Waals surface area (Å²) in [5, 5.41) is 0. The first kappa shape index (κ1) is 15.3. The zero-order chi connectivity index (χ0) is 14.6. The summed E-state index contributed by atoms with van der Waals surface area (Å²) in [7, 11) is 3.37. The highest BCUT2D eigenvalue weighted by molar-refractivity contribution is 5.68. The molecule has 0 saturated carbocycles. The van der Waals surface area contributed by atoms with Crippen molar-refractivity contribution < 1.29 is 14.3 Å². The monoisotopic (exact) mass is 265 g/mol. The molecule has 1 aromatic carbocycles. The maximum atomic E-state index is 12.0. The molecule has 0 spiro atoms. The van der Waals surface area contributed by atoms with Crippen LogP contribution in [0.15, 0.2) is 24.3 Å². The second-order valence-corrected chi connectivity index (χ2v) is 5.54. The molecule has 1 amide bonds. The molecule has 4 heteroatoms. The number of benzene rings is 1. The molecule has 0 aliphatic heterocycles. The maximum absolute atomic E-state index is 12.0. The molecule has 0 N–H and O–H groups in total. The minimum absolute atomic E-state index is 0.0549. The van der Waals surface area contributed by atoms with E-state index in [1.807, 2.05) is 52.0 Å². The van der Waals surface area contributed by atoms with E-state index in [-0.39, 0.29) is 12.1 Å². The lowest BCUT2D eigenvalue weighted by Gasteiger charge is -2.29. The van der Waals surface area contributed by atoms with Gasteiger partial charge in [0.2, 0.25) is 0 Å². The van der Waals surface area contributed by atoms with Crippen LogP contribution in [-0.2, 0) is 4.74 Å². The fraction of sp³-hybridized carbons (Fsp3) is 0.533. The topological polar surface area (TPSA) is 38.8 Å². The van der Waals surface area contributed by atoms with E-state index in [4.69, 9.17) is 9.47 Å². The average molecular weight is 265 g/mol. The summed E-state index contributed by atoms with van der Waals surface area (Å²) in [6.07, 6.45) is -0.323. The standard InChI is InChI=1S/C15H23NO3/c1-11(12-7-9-13(18-6)10-8-12)16(5)14(17)19-15(2,3)4/h7-11H,1-6H3/t11-/m1/s1. The molecule has 1 atom stereocenters. The second-order valence-electron chi connectivity index (χ2n) is 5.54. The molecule has 1 rings (SSSR count). The number of ether oxygens (including phenoxy) is 2. The molecule has 0 aliphatic carbocycles. The minimum Gasteiger partial charge on any atom is -0.497 e. The van der Waals surface area contributed by atoms with Gasteiger partial charge in [0.05, 0.1) is 13.2 Å². The number of rotatable bonds is 3. The average Bonchev–Trinajstić information content (AvgIpc) is 2.35. The van der Waals surface area contributed by atoms with Crippen molar-refractivity contribution in [1.82, 2.24) is 4.90 Å². The summed E-state index contributed by atoms with van der Waals surface area (Å²) in [5.41, 5.74) is 0.555. The SMILES string of the molecule is COc1ccc([C@@H](C)N(C)C(=O)OC(C)(C)C)cc1. The van der Waals surface area contributed by atoms with Crippen molar-refractivity contribution >= 4 is 6.09 Å². The molecule has 19 heavy (non-hydrogen) atoms. The third-order valence-electron chi connectivity index (χ3n) is 2.86. The first-order chi connectivity index (χ1) is 8.74. The first-order valence-corrected chi connectivity index (χ1v) is 6.34. The Kier molecular flexibility index (Phi) is 4.81. The fourth-order valence-corrected chi connectivity index (χ4v) is 1.60. The summed E-state index contributed by atoms with van der Waals surface area (Å²) in [6, 6.07) is 7.61. The van der Waals surface area contributed by atoms with Gasteiger partial charge in [0.15, 0.2) is 0 Å². The summed E-state index contributed by atoms with van der Waals surface area (Å²) in [5.74, 6) is 0.802. The Morgan fingerprint density at radius 2 is 1.74 bits per heavy atom. The third-order valence-corrected chi connectivity index (χ3v) is 2.86. The highest BCUT2D eigenvalue weighted by Gasteiger charge is 2.23. The number of methoxy groups -OCH3 is 1. The van der Waals surface area contributed by atoms with Crippen LogP contribution in [0.25, 0.3) is 0 Å². The molecule has 106 valence electrons. The van der Waals surface area contributed by atoms with Gasteiger partial charge in [0.1, 0.15) is 11.4 Å². The van der Waals surface area contributed by atoms with E-state index in [2.05, 4.69) is 0 Å². The molecule has 0 heterocycles. The number of carbonyl (C=O) groups excluding carboxylic acids is 1. The van der Waals surface area contributed by atoms with Crippen molar-refractivity contribution in [3.8, 4) is 5.75 Å². The van der Waals surface area contributed by atoms with Gasteiger partial charge in [-0.25, -0.2) is 4.79 Å². The molecule has 0 aliphatic rings. The third kappa shape index (κ3) is 4.47. The smallest absolute Gasteiger partial charge is 0.410 e. The molecule has 1 aromatic rings. The van der Waals surface area contributed by atoms with E-state index in [0.717, 1.165) is 11.3 Å². The van der Waals surface area contributed by atoms with Crippen LogP contribution in [0, 0.1) is 0 Å². The van der Waals surface area contributed by atoms with Gasteiger partial charge in [-0.05, 0) is 45.4 Å². The van der Waals surface area contributed by atoms with E-state index in [9.17, 15) is 4.79 Å². The van der Waals surface area contributed by atoms with Gasteiger partial charge in [-0.1, -0.05) is 12.1 Å². The van der Waals surface area contributed by atoms with Gasteiger partial charge in [0, 0.05) is 7.05 Å². The lowest BCUT2D eigenvalue weighted by Crippen LogP contribution is -2.35. The number of amides is 1. The van der Waals surface area contributed by atoms with E-state index in [0.29, 0.717) is 0 Å². The molecule has 0 bridgehead atoms. The summed E-state index contributed by atoms with van der Waals surface area (Å²) in [4.78, 5) is 13.6. The van der Waals surface area contributed by atoms with Gasteiger partial charge in [-0.3, -0.25) is 0 Å². The highest BCUT2D eigenvalue weighted by Crippen LogP contribution is 2.23. The van der Waals surface area contributed by atoms with E-state index >= 15 is 0 Å². The molecule has 0 fully saturated rings. The second kappa shape index (κ2) is 5.95.